The van der Waals surface area contributed by atoms with E-state index in [9.17, 15) is 19.9 Å². The summed E-state index contributed by atoms with van der Waals surface area (Å²) in [4.78, 5) is 27.6. The highest BCUT2D eigenvalue weighted by Gasteiger charge is 2.24. The number of amides is 1. The fourth-order valence-corrected chi connectivity index (χ4v) is 3.76. The van der Waals surface area contributed by atoms with E-state index in [0.29, 0.717) is 17.9 Å². The van der Waals surface area contributed by atoms with Crippen molar-refractivity contribution in [1.82, 2.24) is 10.3 Å². The van der Waals surface area contributed by atoms with Crippen LogP contribution in [-0.4, -0.2) is 38.9 Å². The number of nitrogens with one attached hydrogen (secondary N) is 2. The lowest BCUT2D eigenvalue weighted by Crippen LogP contribution is -2.45. The molecule has 3 aromatic carbocycles. The normalized spacial score (nSPS) is 12.3. The number of aliphatic carboxylic acids is 1. The third kappa shape index (κ3) is 6.05. The Balaban J connectivity index is 1.37. The number of H-pyrrole nitrogens is 1. The summed E-state index contributed by atoms with van der Waals surface area (Å²) in [6.45, 7) is 0.430. The Morgan fingerprint density at radius 1 is 0.943 bits per heavy atom. The lowest BCUT2D eigenvalue weighted by atomic mass is 10.0. The molecule has 1 heterocycles. The monoisotopic (exact) mass is 471 g/mol. The summed E-state index contributed by atoms with van der Waals surface area (Å²) in [5, 5.41) is 25.6. The van der Waals surface area contributed by atoms with Gasteiger partial charge in [0.15, 0.2) is 0 Å². The Bertz CT molecular complexity index is 1330. The number of rotatable bonds is 10. The van der Waals surface area contributed by atoms with Crippen molar-refractivity contribution >= 4 is 28.5 Å². The van der Waals surface area contributed by atoms with Crippen LogP contribution in [-0.2, 0) is 29.0 Å². The van der Waals surface area contributed by atoms with E-state index in [1.165, 1.54) is 0 Å². The van der Waals surface area contributed by atoms with Crippen LogP contribution in [0.1, 0.15) is 16.7 Å². The fraction of sp³-hybridized carbons (Fsp3) is 0.148. The van der Waals surface area contributed by atoms with Crippen molar-refractivity contribution in [2.24, 2.45) is 5.16 Å². The summed E-state index contributed by atoms with van der Waals surface area (Å²) >= 11 is 0. The summed E-state index contributed by atoms with van der Waals surface area (Å²) in [5.74, 6) is -1.26. The van der Waals surface area contributed by atoms with Crippen LogP contribution in [0.3, 0.4) is 0 Å². The van der Waals surface area contributed by atoms with Gasteiger partial charge in [-0.2, -0.15) is 0 Å². The third-order valence-electron chi connectivity index (χ3n) is 5.63. The zero-order valence-electron chi connectivity index (χ0n) is 18.8. The summed E-state index contributed by atoms with van der Waals surface area (Å²) in [7, 11) is 0. The molecule has 0 saturated carbocycles. The highest BCUT2D eigenvalue weighted by Crippen LogP contribution is 2.19. The number of aromatic nitrogens is 1. The van der Waals surface area contributed by atoms with Gasteiger partial charge in [-0.15, -0.1) is 0 Å². The molecule has 0 bridgehead atoms. The van der Waals surface area contributed by atoms with Gasteiger partial charge in [0.25, 0.3) is 5.91 Å². The van der Waals surface area contributed by atoms with Gasteiger partial charge in [0, 0.05) is 29.9 Å². The van der Waals surface area contributed by atoms with Crippen molar-refractivity contribution in [3.63, 3.8) is 0 Å². The number of oxime groups is 1. The van der Waals surface area contributed by atoms with Crippen molar-refractivity contribution < 1.29 is 24.6 Å². The first-order valence-electron chi connectivity index (χ1n) is 11.1. The van der Waals surface area contributed by atoms with E-state index >= 15 is 0 Å². The molecule has 1 amide bonds. The summed E-state index contributed by atoms with van der Waals surface area (Å²) < 4.78 is 5.76. The maximum atomic E-state index is 12.7. The zero-order chi connectivity index (χ0) is 24.6. The standard InChI is InChI=1S/C27H25N3O5/c31-26(29-25(27(32)33)15-20-16-28-23-9-5-4-8-22(20)23)24(30-34)14-18-10-12-21(13-11-18)35-17-19-6-2-1-3-7-19/h1-13,16,25,28,34H,14-15,17H2,(H,29,31)(H,32,33)/t25-/m0/s1. The molecule has 4 rings (SSSR count). The Morgan fingerprint density at radius 2 is 1.66 bits per heavy atom. The minimum atomic E-state index is -1.19. The number of aromatic amines is 1. The molecule has 8 nitrogen and oxygen atoms in total. The predicted octanol–water partition coefficient (Wildman–Crippen LogP) is 3.93. The van der Waals surface area contributed by atoms with Crippen molar-refractivity contribution in [3.05, 3.63) is 102 Å². The number of ether oxygens (including phenoxy) is 1. The maximum absolute atomic E-state index is 12.7. The quantitative estimate of drug-likeness (QED) is 0.158. The number of para-hydroxylation sites is 1. The number of carboxylic acid groups (broad SMARTS) is 1. The van der Waals surface area contributed by atoms with Crippen molar-refractivity contribution in [1.29, 1.82) is 0 Å². The molecule has 1 atom stereocenters. The fourth-order valence-electron chi connectivity index (χ4n) is 3.76. The van der Waals surface area contributed by atoms with Gasteiger partial charge in [-0.05, 0) is 34.9 Å². The van der Waals surface area contributed by atoms with E-state index in [0.717, 1.165) is 22.0 Å². The molecule has 0 fully saturated rings. The van der Waals surface area contributed by atoms with Crippen LogP contribution in [0.25, 0.3) is 10.9 Å². The van der Waals surface area contributed by atoms with Gasteiger partial charge in [-0.1, -0.05) is 65.8 Å². The first-order valence-corrected chi connectivity index (χ1v) is 11.1. The van der Waals surface area contributed by atoms with Crippen LogP contribution in [0.2, 0.25) is 0 Å². The molecule has 0 radical (unpaired) electrons. The Hall–Kier alpha value is -4.59. The number of carbonyl (C=O) groups is 2. The first-order chi connectivity index (χ1) is 17.0. The smallest absolute Gasteiger partial charge is 0.326 e. The number of carbonyl (C=O) groups excluding carboxylic acids is 1. The minimum absolute atomic E-state index is 0.0285. The van der Waals surface area contributed by atoms with Crippen molar-refractivity contribution in [3.8, 4) is 5.75 Å². The number of carboxylic acids is 1. The average molecular weight is 472 g/mol. The van der Waals surface area contributed by atoms with Gasteiger partial charge < -0.3 is 25.4 Å². The molecule has 35 heavy (non-hydrogen) atoms. The van der Waals surface area contributed by atoms with Gasteiger partial charge in [0.2, 0.25) is 0 Å². The topological polar surface area (TPSA) is 124 Å². The molecule has 8 heteroatoms. The van der Waals surface area contributed by atoms with E-state index in [4.69, 9.17) is 4.74 Å². The lowest BCUT2D eigenvalue weighted by Gasteiger charge is -2.15. The van der Waals surface area contributed by atoms with Gasteiger partial charge >= 0.3 is 5.97 Å². The summed E-state index contributed by atoms with van der Waals surface area (Å²) in [6, 6.07) is 23.2. The second-order valence-corrected chi connectivity index (χ2v) is 8.07. The van der Waals surface area contributed by atoms with E-state index in [1.807, 2.05) is 54.6 Å². The van der Waals surface area contributed by atoms with Gasteiger partial charge in [0.05, 0.1) is 0 Å². The number of fused-ring (bicyclic) bond motifs is 1. The molecular weight excluding hydrogens is 446 g/mol. The van der Waals surface area contributed by atoms with Crippen LogP contribution in [0.15, 0.2) is 90.2 Å². The molecule has 0 aliphatic rings. The predicted molar refractivity (Wildman–Crippen MR) is 132 cm³/mol. The van der Waals surface area contributed by atoms with Crippen LogP contribution in [0.4, 0.5) is 0 Å². The molecular formula is C27H25N3O5. The zero-order valence-corrected chi connectivity index (χ0v) is 18.8. The van der Waals surface area contributed by atoms with E-state index in [1.54, 1.807) is 30.5 Å². The molecule has 1 aromatic heterocycles. The Labute approximate surface area is 201 Å². The molecule has 0 spiro atoms. The highest BCUT2D eigenvalue weighted by atomic mass is 16.5. The molecule has 4 N–H and O–H groups in total. The van der Waals surface area contributed by atoms with E-state index in [2.05, 4.69) is 15.5 Å². The summed E-state index contributed by atoms with van der Waals surface area (Å²) in [5.41, 5.74) is 3.22. The highest BCUT2D eigenvalue weighted by molar-refractivity contribution is 6.39. The lowest BCUT2D eigenvalue weighted by molar-refractivity contribution is -0.141. The molecule has 178 valence electrons. The van der Waals surface area contributed by atoms with Crippen LogP contribution < -0.4 is 10.1 Å². The third-order valence-corrected chi connectivity index (χ3v) is 5.63. The van der Waals surface area contributed by atoms with E-state index < -0.39 is 17.9 Å². The van der Waals surface area contributed by atoms with Gasteiger partial charge in [-0.25, -0.2) is 4.79 Å². The van der Waals surface area contributed by atoms with Gasteiger partial charge in [-0.3, -0.25) is 4.79 Å². The van der Waals surface area contributed by atoms with Crippen molar-refractivity contribution in [2.45, 2.75) is 25.5 Å². The number of hydrogen-bond donors (Lipinski definition) is 4. The molecule has 0 aliphatic carbocycles. The number of nitrogens with zero attached hydrogens (tertiary/aromatic N) is 1. The van der Waals surface area contributed by atoms with Crippen molar-refractivity contribution in [2.75, 3.05) is 0 Å². The second-order valence-electron chi connectivity index (χ2n) is 8.07. The largest absolute Gasteiger partial charge is 0.489 e. The van der Waals surface area contributed by atoms with E-state index in [-0.39, 0.29) is 18.6 Å². The van der Waals surface area contributed by atoms with Crippen LogP contribution >= 0.6 is 0 Å². The molecule has 0 unspecified atom stereocenters. The number of hydrogen-bond acceptors (Lipinski definition) is 5. The average Bonchev–Trinajstić information content (AvgIpc) is 3.29. The SMILES string of the molecule is O=C(N[C@@H](Cc1c[nH]c2ccccc12)C(=O)O)C(Cc1ccc(OCc2ccccc2)cc1)=NO. The van der Waals surface area contributed by atoms with Crippen LogP contribution in [0.5, 0.6) is 5.75 Å². The Kier molecular flexibility index (Phi) is 7.42. The Morgan fingerprint density at radius 3 is 2.37 bits per heavy atom. The maximum Gasteiger partial charge on any atom is 0.326 e. The summed E-state index contributed by atoms with van der Waals surface area (Å²) in [6.07, 6.45) is 1.84. The molecule has 0 saturated heterocycles. The molecule has 0 aliphatic heterocycles. The second kappa shape index (κ2) is 11.0. The minimum Gasteiger partial charge on any atom is -0.489 e. The molecule has 4 aromatic rings. The first kappa shape index (κ1) is 23.6. The van der Waals surface area contributed by atoms with Gasteiger partial charge in [0.1, 0.15) is 24.1 Å². The number of benzene rings is 3. The van der Waals surface area contributed by atoms with Crippen LogP contribution in [0, 0.1) is 0 Å².